The van der Waals surface area contributed by atoms with Gasteiger partial charge in [-0.3, -0.25) is 9.36 Å². The lowest BCUT2D eigenvalue weighted by Crippen LogP contribution is -2.28. The molecule has 152 valence electrons. The maximum Gasteiger partial charge on any atom is 0.344 e. The summed E-state index contributed by atoms with van der Waals surface area (Å²) < 4.78 is 7.16. The van der Waals surface area contributed by atoms with Gasteiger partial charge in [-0.05, 0) is 30.5 Å². The maximum atomic E-state index is 12.5. The minimum atomic E-state index is -0.264. The molecule has 1 aliphatic heterocycles. The van der Waals surface area contributed by atoms with Gasteiger partial charge < -0.3 is 14.5 Å². The van der Waals surface area contributed by atoms with Crippen LogP contribution in [0.2, 0.25) is 0 Å². The van der Waals surface area contributed by atoms with E-state index in [4.69, 9.17) is 4.74 Å². The first-order chi connectivity index (χ1) is 13.4. The van der Waals surface area contributed by atoms with E-state index in [9.17, 15) is 9.59 Å². The first kappa shape index (κ1) is 20.5. The Balaban J connectivity index is 1.54. The van der Waals surface area contributed by atoms with Crippen LogP contribution in [-0.4, -0.2) is 65.2 Å². The van der Waals surface area contributed by atoms with Crippen LogP contribution in [0.3, 0.4) is 0 Å². The number of benzene rings is 1. The molecule has 3 rings (SSSR count). The molecular weight excluding hydrogens is 378 g/mol. The quantitative estimate of drug-likeness (QED) is 0.671. The van der Waals surface area contributed by atoms with Crippen molar-refractivity contribution in [3.8, 4) is 0 Å². The molecular formula is C19H27N5O3S. The van der Waals surface area contributed by atoms with Crippen LogP contribution in [0.5, 0.6) is 0 Å². The molecule has 1 aromatic heterocycles. The number of aromatic amines is 1. The van der Waals surface area contributed by atoms with E-state index in [1.54, 1.807) is 16.5 Å². The van der Waals surface area contributed by atoms with Gasteiger partial charge >= 0.3 is 5.69 Å². The molecule has 2 aromatic rings. The van der Waals surface area contributed by atoms with Crippen LogP contribution in [0.15, 0.2) is 34.2 Å². The molecule has 1 fully saturated rings. The van der Waals surface area contributed by atoms with Crippen molar-refractivity contribution >= 4 is 23.4 Å². The molecule has 0 bridgehead atoms. The highest BCUT2D eigenvalue weighted by molar-refractivity contribution is 7.99. The van der Waals surface area contributed by atoms with E-state index in [0.717, 1.165) is 30.7 Å². The van der Waals surface area contributed by atoms with Gasteiger partial charge in [-0.1, -0.05) is 23.9 Å². The third-order valence-corrected chi connectivity index (χ3v) is 5.72. The highest BCUT2D eigenvalue weighted by Crippen LogP contribution is 2.19. The lowest BCUT2D eigenvalue weighted by molar-refractivity contribution is -0.127. The van der Waals surface area contributed by atoms with Crippen molar-refractivity contribution in [3.63, 3.8) is 0 Å². The van der Waals surface area contributed by atoms with Crippen molar-refractivity contribution in [3.05, 3.63) is 40.3 Å². The van der Waals surface area contributed by atoms with Crippen LogP contribution >= 0.6 is 11.8 Å². The van der Waals surface area contributed by atoms with E-state index in [-0.39, 0.29) is 23.5 Å². The van der Waals surface area contributed by atoms with E-state index in [1.807, 2.05) is 43.3 Å². The number of rotatable bonds is 8. The molecule has 2 heterocycles. The van der Waals surface area contributed by atoms with Crippen LogP contribution in [0.1, 0.15) is 18.4 Å². The lowest BCUT2D eigenvalue weighted by Gasteiger charge is -2.18. The predicted octanol–water partition coefficient (Wildman–Crippen LogP) is 1.57. The molecule has 9 heteroatoms. The van der Waals surface area contributed by atoms with Gasteiger partial charge in [0.1, 0.15) is 0 Å². The number of thioether (sulfide) groups is 1. The fourth-order valence-electron chi connectivity index (χ4n) is 3.06. The Bertz CT molecular complexity index is 840. The van der Waals surface area contributed by atoms with Gasteiger partial charge in [0.05, 0.1) is 18.4 Å². The van der Waals surface area contributed by atoms with Crippen LogP contribution in [-0.2, 0) is 22.6 Å². The Kier molecular flexibility index (Phi) is 6.79. The number of anilines is 1. The minimum Gasteiger partial charge on any atom is -0.378 e. The Morgan fingerprint density at radius 1 is 1.32 bits per heavy atom. The van der Waals surface area contributed by atoms with Crippen LogP contribution in [0.25, 0.3) is 0 Å². The van der Waals surface area contributed by atoms with Gasteiger partial charge in [-0.2, -0.15) is 0 Å². The summed E-state index contributed by atoms with van der Waals surface area (Å²) in [5.74, 6) is 0.211. The average molecular weight is 406 g/mol. The monoisotopic (exact) mass is 405 g/mol. The van der Waals surface area contributed by atoms with Crippen LogP contribution < -0.4 is 10.6 Å². The second-order valence-electron chi connectivity index (χ2n) is 7.16. The fourth-order valence-corrected chi connectivity index (χ4v) is 3.96. The summed E-state index contributed by atoms with van der Waals surface area (Å²) in [5.41, 5.74) is 1.93. The fraction of sp³-hybridized carbons (Fsp3) is 0.526. The molecule has 1 atom stereocenters. The number of ether oxygens (including phenoxy) is 1. The van der Waals surface area contributed by atoms with E-state index in [2.05, 4.69) is 10.2 Å². The number of hydrogen-bond acceptors (Lipinski definition) is 6. The molecule has 28 heavy (non-hydrogen) atoms. The highest BCUT2D eigenvalue weighted by atomic mass is 32.2. The number of carbonyl (C=O) groups is 1. The van der Waals surface area contributed by atoms with Crippen LogP contribution in [0.4, 0.5) is 5.69 Å². The topological polar surface area (TPSA) is 83.5 Å². The number of nitrogens with zero attached hydrogens (tertiary/aromatic N) is 4. The van der Waals surface area contributed by atoms with Crippen molar-refractivity contribution in [1.29, 1.82) is 0 Å². The summed E-state index contributed by atoms with van der Waals surface area (Å²) in [6.07, 6.45) is 1.99. The van der Waals surface area contributed by atoms with Gasteiger partial charge in [0.15, 0.2) is 5.16 Å². The number of aromatic nitrogens is 3. The van der Waals surface area contributed by atoms with Crippen molar-refractivity contribution < 1.29 is 9.53 Å². The van der Waals surface area contributed by atoms with Gasteiger partial charge in [0.2, 0.25) is 5.91 Å². The summed E-state index contributed by atoms with van der Waals surface area (Å²) in [6.45, 7) is 1.74. The summed E-state index contributed by atoms with van der Waals surface area (Å²) in [5, 5.41) is 7.05. The Hall–Kier alpha value is -2.26. The Labute approximate surface area is 168 Å². The standard InChI is InChI=1S/C19H27N5O3S/c1-22(2)15-8-6-14(7-9-15)11-23(3)17(25)13-28-19-21-20-18(26)24(19)12-16-5-4-10-27-16/h6-9,16H,4-5,10-13H2,1-3H3,(H,20,26). The zero-order valence-electron chi connectivity index (χ0n) is 16.6. The molecule has 0 saturated carbocycles. The number of carbonyl (C=O) groups excluding carboxylic acids is 1. The zero-order chi connectivity index (χ0) is 20.1. The van der Waals surface area contributed by atoms with Crippen molar-refractivity contribution in [2.24, 2.45) is 0 Å². The van der Waals surface area contributed by atoms with Crippen LogP contribution in [0, 0.1) is 0 Å². The van der Waals surface area contributed by atoms with Gasteiger partial charge in [-0.15, -0.1) is 5.10 Å². The average Bonchev–Trinajstić information content (AvgIpc) is 3.31. The Morgan fingerprint density at radius 3 is 2.71 bits per heavy atom. The first-order valence-corrected chi connectivity index (χ1v) is 10.3. The second kappa shape index (κ2) is 9.29. The number of amides is 1. The molecule has 1 N–H and O–H groups in total. The first-order valence-electron chi connectivity index (χ1n) is 9.34. The highest BCUT2D eigenvalue weighted by Gasteiger charge is 2.20. The molecule has 1 aromatic carbocycles. The molecule has 1 saturated heterocycles. The number of H-pyrrole nitrogens is 1. The molecule has 8 nitrogen and oxygen atoms in total. The zero-order valence-corrected chi connectivity index (χ0v) is 17.4. The largest absolute Gasteiger partial charge is 0.378 e. The van der Waals surface area contributed by atoms with Crippen molar-refractivity contribution in [2.75, 3.05) is 38.4 Å². The van der Waals surface area contributed by atoms with E-state index >= 15 is 0 Å². The summed E-state index contributed by atoms with van der Waals surface area (Å²) in [4.78, 5) is 28.2. The van der Waals surface area contributed by atoms with Gasteiger partial charge in [0.25, 0.3) is 0 Å². The van der Waals surface area contributed by atoms with Gasteiger partial charge in [-0.25, -0.2) is 9.89 Å². The molecule has 0 radical (unpaired) electrons. The summed E-state index contributed by atoms with van der Waals surface area (Å²) in [6, 6.07) is 8.13. The third kappa shape index (κ3) is 5.17. The molecule has 1 aliphatic rings. The summed E-state index contributed by atoms with van der Waals surface area (Å²) >= 11 is 1.27. The van der Waals surface area contributed by atoms with E-state index in [1.165, 1.54) is 11.8 Å². The molecule has 0 spiro atoms. The molecule has 1 unspecified atom stereocenters. The van der Waals surface area contributed by atoms with Crippen molar-refractivity contribution in [2.45, 2.75) is 37.2 Å². The number of hydrogen-bond donors (Lipinski definition) is 1. The lowest BCUT2D eigenvalue weighted by atomic mass is 10.2. The third-order valence-electron chi connectivity index (χ3n) is 4.76. The SMILES string of the molecule is CN(Cc1ccc(N(C)C)cc1)C(=O)CSc1n[nH]c(=O)n1CC1CCCO1. The molecule has 0 aliphatic carbocycles. The Morgan fingerprint density at radius 2 is 2.07 bits per heavy atom. The maximum absolute atomic E-state index is 12.5. The normalized spacial score (nSPS) is 16.3. The van der Waals surface area contributed by atoms with E-state index in [0.29, 0.717) is 18.2 Å². The minimum absolute atomic E-state index is 0.0131. The second-order valence-corrected chi connectivity index (χ2v) is 8.10. The predicted molar refractivity (Wildman–Crippen MR) is 110 cm³/mol. The smallest absolute Gasteiger partial charge is 0.344 e. The van der Waals surface area contributed by atoms with E-state index < -0.39 is 0 Å². The van der Waals surface area contributed by atoms with Gasteiger partial charge in [0, 0.05) is 40.0 Å². The number of nitrogens with one attached hydrogen (secondary N) is 1. The molecule has 1 amide bonds. The summed E-state index contributed by atoms with van der Waals surface area (Å²) in [7, 11) is 5.78. The van der Waals surface area contributed by atoms with Crippen molar-refractivity contribution in [1.82, 2.24) is 19.7 Å².